The number of carbonyl (C=O) groups is 1. The molecule has 2 N–H and O–H groups in total. The Kier molecular flexibility index (Phi) is 9.09. The van der Waals surface area contributed by atoms with Crippen LogP contribution in [0, 0.1) is 13.5 Å². The van der Waals surface area contributed by atoms with Crippen molar-refractivity contribution in [3.63, 3.8) is 0 Å². The van der Waals surface area contributed by atoms with Gasteiger partial charge in [0.1, 0.15) is 6.10 Å². The normalized spacial score (nSPS) is 15.8. The number of fused-ring (bicyclic) bond motifs is 1. The van der Waals surface area contributed by atoms with Gasteiger partial charge in [-0.25, -0.2) is 4.85 Å². The van der Waals surface area contributed by atoms with Crippen LogP contribution in [0.15, 0.2) is 66.9 Å². The Balaban J connectivity index is 1.37. The molecule has 0 amide bonds. The van der Waals surface area contributed by atoms with Crippen molar-refractivity contribution < 1.29 is 37.7 Å². The molecule has 45 heavy (non-hydrogen) atoms. The number of aliphatic hydroxyl groups is 1. The fraction of sp³-hybridized carbons (Fsp3) is 0.353. The molecule has 1 fully saturated rings. The number of methoxy groups -OCH3 is 1. The van der Waals surface area contributed by atoms with Gasteiger partial charge in [0.15, 0.2) is 17.2 Å². The predicted octanol–water partition coefficient (Wildman–Crippen LogP) is 6.48. The maximum absolute atomic E-state index is 14.8. The first-order valence-corrected chi connectivity index (χ1v) is 14.5. The number of rotatable bonds is 10. The summed E-state index contributed by atoms with van der Waals surface area (Å²) in [5.41, 5.74) is -0.194. The Morgan fingerprint density at radius 2 is 1.71 bits per heavy atom. The Labute approximate surface area is 259 Å². The number of nitrogens with zero attached hydrogens (tertiary/aromatic N) is 3. The molecule has 236 valence electrons. The van der Waals surface area contributed by atoms with Gasteiger partial charge in [0.25, 0.3) is 0 Å². The Hall–Kier alpha value is -4.53. The molecule has 1 aromatic heterocycles. The summed E-state index contributed by atoms with van der Waals surface area (Å²) >= 11 is 0. The third kappa shape index (κ3) is 6.92. The summed E-state index contributed by atoms with van der Waals surface area (Å²) in [6.07, 6.45) is -3.25. The lowest BCUT2D eigenvalue weighted by molar-refractivity contribution is -0.272. The molecule has 1 atom stereocenters. The molecule has 3 aromatic carbocycles. The van der Waals surface area contributed by atoms with E-state index in [0.717, 1.165) is 11.1 Å². The lowest BCUT2D eigenvalue weighted by atomic mass is 9.91. The number of aromatic nitrogens is 1. The number of halogens is 3. The summed E-state index contributed by atoms with van der Waals surface area (Å²) in [5.74, 6) is -0.163. The average Bonchev–Trinajstić information content (AvgIpc) is 3.37. The first-order chi connectivity index (χ1) is 21.4. The van der Waals surface area contributed by atoms with E-state index in [2.05, 4.69) is 4.85 Å². The number of likely N-dealkylation sites (tertiary alicyclic amines) is 1. The van der Waals surface area contributed by atoms with Crippen molar-refractivity contribution in [2.75, 3.05) is 26.7 Å². The van der Waals surface area contributed by atoms with E-state index in [1.54, 1.807) is 33.7 Å². The predicted molar refractivity (Wildman–Crippen MR) is 163 cm³/mol. The summed E-state index contributed by atoms with van der Waals surface area (Å²) in [5, 5.41) is 20.8. The molecule has 0 saturated carbocycles. The van der Waals surface area contributed by atoms with Crippen LogP contribution in [-0.4, -0.2) is 64.7 Å². The van der Waals surface area contributed by atoms with E-state index in [0.29, 0.717) is 41.1 Å². The quantitative estimate of drug-likeness (QED) is 0.197. The van der Waals surface area contributed by atoms with E-state index >= 15 is 0 Å². The fourth-order valence-corrected chi connectivity index (χ4v) is 5.81. The molecule has 1 aliphatic rings. The first-order valence-electron chi connectivity index (χ1n) is 14.5. The SMILES string of the molecule is [C-]#[N+]c1ccc2c(C(O)(CN3CCC(Oc4ccc(CC(=O)O)cc4OC)CC3)C(F)(F)F)cn(Cc3ccc(C)cc3)c2c1. The minimum atomic E-state index is -4.98. The highest BCUT2D eigenvalue weighted by molar-refractivity contribution is 5.88. The number of carboxylic acid groups (broad SMARTS) is 1. The lowest BCUT2D eigenvalue weighted by Crippen LogP contribution is -2.53. The molecule has 0 aliphatic carbocycles. The van der Waals surface area contributed by atoms with Crippen LogP contribution < -0.4 is 9.47 Å². The van der Waals surface area contributed by atoms with E-state index < -0.39 is 24.3 Å². The number of piperidine rings is 1. The van der Waals surface area contributed by atoms with Crippen LogP contribution >= 0.6 is 0 Å². The number of ether oxygens (including phenoxy) is 2. The number of alkyl halides is 3. The Morgan fingerprint density at radius 3 is 2.33 bits per heavy atom. The van der Waals surface area contributed by atoms with Crippen LogP contribution in [0.2, 0.25) is 0 Å². The van der Waals surface area contributed by atoms with Crippen LogP contribution in [0.3, 0.4) is 0 Å². The largest absolute Gasteiger partial charge is 0.493 e. The third-order valence-corrected chi connectivity index (χ3v) is 8.25. The van der Waals surface area contributed by atoms with E-state index in [1.165, 1.54) is 25.4 Å². The van der Waals surface area contributed by atoms with Crippen molar-refractivity contribution in [3.8, 4) is 11.5 Å². The van der Waals surface area contributed by atoms with Gasteiger partial charge in [-0.3, -0.25) is 9.69 Å². The van der Waals surface area contributed by atoms with Gasteiger partial charge in [-0.1, -0.05) is 48.0 Å². The van der Waals surface area contributed by atoms with Crippen LogP contribution in [-0.2, 0) is 23.4 Å². The van der Waals surface area contributed by atoms with Crippen LogP contribution in [0.1, 0.15) is 35.1 Å². The van der Waals surface area contributed by atoms with Crippen LogP contribution in [0.25, 0.3) is 15.7 Å². The number of β-amino-alcohol motifs (C(OH)–C–C–N with tert-alkyl or cyclic N) is 1. The van der Waals surface area contributed by atoms with Gasteiger partial charge < -0.3 is 24.3 Å². The van der Waals surface area contributed by atoms with Gasteiger partial charge in [0, 0.05) is 48.8 Å². The van der Waals surface area contributed by atoms with Crippen molar-refractivity contribution in [1.29, 1.82) is 0 Å². The Bertz CT molecular complexity index is 1720. The van der Waals surface area contributed by atoms with Gasteiger partial charge in [0.05, 0.1) is 20.1 Å². The van der Waals surface area contributed by atoms with Crippen molar-refractivity contribution >= 4 is 22.6 Å². The van der Waals surface area contributed by atoms with Gasteiger partial charge in [-0.05, 0) is 49.1 Å². The standard InChI is InChI=1S/C34H34F3N3O5/c1-22-4-6-23(7-5-22)19-40-20-28(27-10-9-25(38-2)18-29(27)40)33(43,34(35,36)37)21-39-14-12-26(13-15-39)45-30-11-8-24(17-32(41)42)16-31(30)44-3/h4-11,16,18,20,26,43H,12-15,17,19,21H2,1,3H3,(H,41,42). The molecule has 4 aromatic rings. The highest BCUT2D eigenvalue weighted by Gasteiger charge is 2.57. The molecule has 2 heterocycles. The summed E-state index contributed by atoms with van der Waals surface area (Å²) in [7, 11) is 1.45. The Morgan fingerprint density at radius 1 is 1.02 bits per heavy atom. The molecule has 1 unspecified atom stereocenters. The molecule has 0 radical (unpaired) electrons. The number of carboxylic acids is 1. The second-order valence-electron chi connectivity index (χ2n) is 11.5. The van der Waals surface area contributed by atoms with E-state index in [-0.39, 0.29) is 43.1 Å². The second kappa shape index (κ2) is 12.8. The number of aryl methyl sites for hydroxylation is 1. The maximum Gasteiger partial charge on any atom is 0.422 e. The lowest BCUT2D eigenvalue weighted by Gasteiger charge is -2.39. The molecule has 8 nitrogen and oxygen atoms in total. The zero-order valence-corrected chi connectivity index (χ0v) is 25.0. The number of hydrogen-bond acceptors (Lipinski definition) is 5. The highest BCUT2D eigenvalue weighted by atomic mass is 19.4. The minimum absolute atomic E-state index is 0.164. The number of benzene rings is 3. The zero-order chi connectivity index (χ0) is 32.4. The number of aliphatic carboxylic acids is 1. The average molecular weight is 622 g/mol. The van der Waals surface area contributed by atoms with Crippen LogP contribution in [0.5, 0.6) is 11.5 Å². The van der Waals surface area contributed by atoms with Crippen LogP contribution in [0.4, 0.5) is 18.9 Å². The van der Waals surface area contributed by atoms with Crippen molar-refractivity contribution in [1.82, 2.24) is 9.47 Å². The van der Waals surface area contributed by atoms with Crippen molar-refractivity contribution in [2.24, 2.45) is 0 Å². The smallest absolute Gasteiger partial charge is 0.422 e. The molecular weight excluding hydrogens is 587 g/mol. The topological polar surface area (TPSA) is 88.5 Å². The number of hydrogen-bond donors (Lipinski definition) is 2. The maximum atomic E-state index is 14.8. The van der Waals surface area contributed by atoms with Gasteiger partial charge >= 0.3 is 12.1 Å². The molecule has 0 bridgehead atoms. The summed E-state index contributed by atoms with van der Waals surface area (Å²) in [6, 6.07) is 17.0. The zero-order valence-electron chi connectivity index (χ0n) is 25.0. The van der Waals surface area contributed by atoms with E-state index in [1.807, 2.05) is 31.2 Å². The molecule has 1 saturated heterocycles. The summed E-state index contributed by atoms with van der Waals surface area (Å²) in [6.45, 7) is 9.49. The third-order valence-electron chi connectivity index (χ3n) is 8.25. The molecule has 0 spiro atoms. The molecule has 1 aliphatic heterocycles. The van der Waals surface area contributed by atoms with Crippen molar-refractivity contribution in [3.05, 3.63) is 101 Å². The van der Waals surface area contributed by atoms with Gasteiger partial charge in [-0.15, -0.1) is 0 Å². The second-order valence-corrected chi connectivity index (χ2v) is 11.5. The van der Waals surface area contributed by atoms with Crippen molar-refractivity contribution in [2.45, 2.75) is 50.6 Å². The fourth-order valence-electron chi connectivity index (χ4n) is 5.81. The molecule has 5 rings (SSSR count). The highest BCUT2D eigenvalue weighted by Crippen LogP contribution is 2.44. The minimum Gasteiger partial charge on any atom is -0.493 e. The first kappa shape index (κ1) is 31.9. The molecule has 11 heteroatoms. The summed E-state index contributed by atoms with van der Waals surface area (Å²) in [4.78, 5) is 16.1. The monoisotopic (exact) mass is 621 g/mol. The van der Waals surface area contributed by atoms with E-state index in [9.17, 15) is 23.1 Å². The van der Waals surface area contributed by atoms with E-state index in [4.69, 9.17) is 21.2 Å². The van der Waals surface area contributed by atoms with Gasteiger partial charge in [0.2, 0.25) is 5.60 Å². The summed E-state index contributed by atoms with van der Waals surface area (Å²) < 4.78 is 57.7. The molecular formula is C34H34F3N3O5. The van der Waals surface area contributed by atoms with Gasteiger partial charge in [-0.2, -0.15) is 13.2 Å².